The minimum absolute atomic E-state index is 0.0740. The lowest BCUT2D eigenvalue weighted by atomic mass is 10.1. The molecule has 0 saturated carbocycles. The number of hydrogen-bond acceptors (Lipinski definition) is 4. The molecule has 0 bridgehead atoms. The molecule has 0 atom stereocenters. The van der Waals surface area contributed by atoms with Crippen LogP contribution in [0.3, 0.4) is 0 Å². The molecular weight excluding hydrogens is 334 g/mol. The van der Waals surface area contributed by atoms with Gasteiger partial charge in [-0.2, -0.15) is 0 Å². The number of aromatic nitrogens is 1. The van der Waals surface area contributed by atoms with Crippen molar-refractivity contribution in [1.29, 1.82) is 0 Å². The highest BCUT2D eigenvalue weighted by molar-refractivity contribution is 6.04. The van der Waals surface area contributed by atoms with Crippen LogP contribution in [0.4, 0.5) is 5.69 Å². The second-order valence-corrected chi connectivity index (χ2v) is 5.86. The number of aryl methyl sites for hydroxylation is 2. The predicted octanol–water partition coefficient (Wildman–Crippen LogP) is 2.29. The van der Waals surface area contributed by atoms with Crippen LogP contribution < -0.4 is 16.4 Å². The van der Waals surface area contributed by atoms with Gasteiger partial charge in [0.1, 0.15) is 0 Å². The minimum Gasteiger partial charge on any atom is -0.408 e. The first kappa shape index (κ1) is 17.5. The van der Waals surface area contributed by atoms with Gasteiger partial charge in [0.15, 0.2) is 5.58 Å². The van der Waals surface area contributed by atoms with Gasteiger partial charge in [0.05, 0.1) is 16.8 Å². The molecule has 0 spiro atoms. The Hall–Kier alpha value is -3.35. The van der Waals surface area contributed by atoms with E-state index in [0.717, 1.165) is 5.56 Å². The highest BCUT2D eigenvalue weighted by Crippen LogP contribution is 2.20. The number of nitrogens with zero attached hydrogens (tertiary/aromatic N) is 1. The van der Waals surface area contributed by atoms with Gasteiger partial charge < -0.3 is 15.1 Å². The van der Waals surface area contributed by atoms with Crippen molar-refractivity contribution in [2.24, 2.45) is 0 Å². The number of nitrogens with one attached hydrogen (secondary N) is 2. The zero-order chi connectivity index (χ0) is 18.7. The van der Waals surface area contributed by atoms with E-state index in [-0.39, 0.29) is 24.8 Å². The molecule has 2 amide bonds. The first-order valence-electron chi connectivity index (χ1n) is 8.21. The molecule has 2 N–H and O–H groups in total. The van der Waals surface area contributed by atoms with Crippen LogP contribution in [-0.2, 0) is 11.3 Å². The molecule has 134 valence electrons. The van der Waals surface area contributed by atoms with E-state index in [0.29, 0.717) is 22.4 Å². The van der Waals surface area contributed by atoms with Crippen molar-refractivity contribution in [3.8, 4) is 0 Å². The number of oxazole rings is 1. The van der Waals surface area contributed by atoms with Gasteiger partial charge in [-0.25, -0.2) is 4.79 Å². The van der Waals surface area contributed by atoms with E-state index in [1.165, 1.54) is 11.6 Å². The van der Waals surface area contributed by atoms with Crippen molar-refractivity contribution in [2.45, 2.75) is 19.9 Å². The average Bonchev–Trinajstić information content (AvgIpc) is 2.94. The van der Waals surface area contributed by atoms with Gasteiger partial charge in [0.2, 0.25) is 5.91 Å². The van der Waals surface area contributed by atoms with Crippen molar-refractivity contribution >= 4 is 28.6 Å². The van der Waals surface area contributed by atoms with Gasteiger partial charge >= 0.3 is 5.76 Å². The summed E-state index contributed by atoms with van der Waals surface area (Å²) in [7, 11) is 1.54. The smallest absolute Gasteiger partial charge is 0.408 e. The topological polar surface area (TPSA) is 93.3 Å². The lowest BCUT2D eigenvalue weighted by molar-refractivity contribution is -0.116. The number of fused-ring (bicyclic) bond motifs is 1. The van der Waals surface area contributed by atoms with E-state index in [1.807, 2.05) is 0 Å². The largest absolute Gasteiger partial charge is 0.419 e. The fraction of sp³-hybridized carbons (Fsp3) is 0.211. The molecule has 3 aromatic rings. The summed E-state index contributed by atoms with van der Waals surface area (Å²) in [5.41, 5.74) is 2.76. The Balaban J connectivity index is 1.76. The van der Waals surface area contributed by atoms with Crippen LogP contribution in [0.15, 0.2) is 51.7 Å². The van der Waals surface area contributed by atoms with Crippen LogP contribution in [0.1, 0.15) is 22.3 Å². The predicted molar refractivity (Wildman–Crippen MR) is 98.3 cm³/mol. The van der Waals surface area contributed by atoms with Crippen LogP contribution in [0, 0.1) is 6.92 Å². The maximum Gasteiger partial charge on any atom is 0.419 e. The summed E-state index contributed by atoms with van der Waals surface area (Å²) in [4.78, 5) is 36.3. The zero-order valence-electron chi connectivity index (χ0n) is 14.5. The second-order valence-electron chi connectivity index (χ2n) is 5.86. The third-order valence-corrected chi connectivity index (χ3v) is 4.14. The van der Waals surface area contributed by atoms with Crippen molar-refractivity contribution in [3.05, 3.63) is 64.1 Å². The number of carbonyl (C=O) groups excluding carboxylic acids is 2. The Bertz CT molecular complexity index is 1030. The number of amides is 2. The summed E-state index contributed by atoms with van der Waals surface area (Å²) in [6, 6.07) is 12.3. The van der Waals surface area contributed by atoms with Crippen molar-refractivity contribution < 1.29 is 14.0 Å². The first-order chi connectivity index (χ1) is 12.5. The van der Waals surface area contributed by atoms with E-state index in [4.69, 9.17) is 4.42 Å². The third kappa shape index (κ3) is 3.37. The molecule has 0 aliphatic carbocycles. The van der Waals surface area contributed by atoms with Crippen molar-refractivity contribution in [3.63, 3.8) is 0 Å². The summed E-state index contributed by atoms with van der Waals surface area (Å²) >= 11 is 0. The van der Waals surface area contributed by atoms with Crippen molar-refractivity contribution in [1.82, 2.24) is 9.88 Å². The van der Waals surface area contributed by atoms with Gasteiger partial charge in [-0.1, -0.05) is 24.3 Å². The molecule has 0 aliphatic heterocycles. The van der Waals surface area contributed by atoms with E-state index in [2.05, 4.69) is 10.6 Å². The molecule has 0 saturated heterocycles. The van der Waals surface area contributed by atoms with E-state index in [1.54, 1.807) is 49.4 Å². The quantitative estimate of drug-likeness (QED) is 0.736. The number of rotatable bonds is 5. The number of benzene rings is 2. The van der Waals surface area contributed by atoms with E-state index >= 15 is 0 Å². The molecule has 0 radical (unpaired) electrons. The van der Waals surface area contributed by atoms with Crippen LogP contribution in [0.25, 0.3) is 11.1 Å². The van der Waals surface area contributed by atoms with Crippen LogP contribution >= 0.6 is 0 Å². The van der Waals surface area contributed by atoms with Crippen LogP contribution in [0.2, 0.25) is 0 Å². The first-order valence-corrected chi connectivity index (χ1v) is 8.21. The third-order valence-electron chi connectivity index (χ3n) is 4.14. The van der Waals surface area contributed by atoms with Crippen molar-refractivity contribution in [2.75, 3.05) is 12.4 Å². The Kier molecular flexibility index (Phi) is 4.88. The number of anilines is 1. The molecule has 0 fully saturated rings. The summed E-state index contributed by atoms with van der Waals surface area (Å²) in [6.07, 6.45) is 0.0740. The molecule has 7 heteroatoms. The highest BCUT2D eigenvalue weighted by atomic mass is 16.4. The van der Waals surface area contributed by atoms with Crippen LogP contribution in [0.5, 0.6) is 0 Å². The Morgan fingerprint density at radius 1 is 1.12 bits per heavy atom. The SMILES string of the molecule is CNC(=O)c1c(C)cccc1NC(=O)CCn1c(=O)oc2ccccc21. The monoisotopic (exact) mass is 353 g/mol. The van der Waals surface area contributed by atoms with Gasteiger partial charge in [-0.15, -0.1) is 0 Å². The maximum atomic E-state index is 12.3. The normalized spacial score (nSPS) is 10.7. The number of hydrogen-bond donors (Lipinski definition) is 2. The molecule has 3 rings (SSSR count). The molecule has 1 heterocycles. The molecule has 0 unspecified atom stereocenters. The number of para-hydroxylation sites is 2. The molecule has 7 nitrogen and oxygen atoms in total. The molecule has 2 aromatic carbocycles. The van der Waals surface area contributed by atoms with E-state index < -0.39 is 5.76 Å². The fourth-order valence-corrected chi connectivity index (χ4v) is 2.85. The second kappa shape index (κ2) is 7.26. The minimum atomic E-state index is -0.499. The van der Waals surface area contributed by atoms with Gasteiger partial charge in [-0.05, 0) is 30.7 Å². The Labute approximate surface area is 149 Å². The zero-order valence-corrected chi connectivity index (χ0v) is 14.5. The summed E-state index contributed by atoms with van der Waals surface area (Å²) in [5.74, 6) is -1.06. The highest BCUT2D eigenvalue weighted by Gasteiger charge is 2.16. The number of carbonyl (C=O) groups is 2. The maximum absolute atomic E-state index is 12.3. The summed E-state index contributed by atoms with van der Waals surface area (Å²) in [6.45, 7) is 1.99. The van der Waals surface area contributed by atoms with Gasteiger partial charge in [0.25, 0.3) is 5.91 Å². The van der Waals surface area contributed by atoms with Crippen LogP contribution in [-0.4, -0.2) is 23.4 Å². The Morgan fingerprint density at radius 3 is 2.65 bits per heavy atom. The standard InChI is InChI=1S/C19H19N3O4/c1-12-6-5-7-13(17(12)18(24)20-2)21-16(23)10-11-22-14-8-3-4-9-15(14)26-19(22)25/h3-9H,10-11H2,1-2H3,(H,20,24)(H,21,23). The van der Waals surface area contributed by atoms with E-state index in [9.17, 15) is 14.4 Å². The van der Waals surface area contributed by atoms with Gasteiger partial charge in [0, 0.05) is 20.0 Å². The molecule has 0 aliphatic rings. The van der Waals surface area contributed by atoms with Gasteiger partial charge in [-0.3, -0.25) is 14.2 Å². The lowest BCUT2D eigenvalue weighted by Gasteiger charge is -2.12. The molecule has 26 heavy (non-hydrogen) atoms. The fourth-order valence-electron chi connectivity index (χ4n) is 2.85. The summed E-state index contributed by atoms with van der Waals surface area (Å²) < 4.78 is 6.57. The lowest BCUT2D eigenvalue weighted by Crippen LogP contribution is -2.24. The Morgan fingerprint density at radius 2 is 1.88 bits per heavy atom. The average molecular weight is 353 g/mol. The summed E-state index contributed by atoms with van der Waals surface area (Å²) in [5, 5.41) is 5.32. The molecule has 1 aromatic heterocycles. The molecular formula is C19H19N3O4.